The molecule has 1 aromatic rings. The van der Waals surface area contributed by atoms with Crippen LogP contribution < -0.4 is 0 Å². The van der Waals surface area contributed by atoms with Crippen molar-refractivity contribution in [3.05, 3.63) is 10.8 Å². The van der Waals surface area contributed by atoms with E-state index in [4.69, 9.17) is 4.98 Å². The molecule has 2 unspecified atom stereocenters. The number of hydrogen-bond acceptors (Lipinski definition) is 4. The van der Waals surface area contributed by atoms with E-state index < -0.39 is 0 Å². The van der Waals surface area contributed by atoms with Crippen LogP contribution in [0.15, 0.2) is 0 Å². The molecule has 1 saturated carbocycles. The highest BCUT2D eigenvalue weighted by atomic mass is 32.1. The maximum Gasteiger partial charge on any atom is 0.145 e. The molecule has 0 N–H and O–H groups in total. The molecule has 0 aromatic carbocycles. The number of nitrogens with zero attached hydrogens (tertiary/aromatic N) is 3. The van der Waals surface area contributed by atoms with Crippen LogP contribution in [-0.2, 0) is 0 Å². The highest BCUT2D eigenvalue weighted by Gasteiger charge is 2.41. The Kier molecular flexibility index (Phi) is 1.74. The van der Waals surface area contributed by atoms with Crippen LogP contribution in [0.2, 0.25) is 0 Å². The topological polar surface area (TPSA) is 29.0 Å². The van der Waals surface area contributed by atoms with E-state index >= 15 is 0 Å². The SMILES string of the molecule is C1CC1c1nsc([C@@H]2CN3CCC2C3)n1. The van der Waals surface area contributed by atoms with Crippen molar-refractivity contribution >= 4 is 11.5 Å². The van der Waals surface area contributed by atoms with E-state index in [0.29, 0.717) is 11.8 Å². The van der Waals surface area contributed by atoms with E-state index in [2.05, 4.69) is 9.27 Å². The van der Waals surface area contributed by atoms with Gasteiger partial charge in [0.1, 0.15) is 10.8 Å². The first-order valence-electron chi connectivity index (χ1n) is 5.96. The zero-order valence-electron chi connectivity index (χ0n) is 8.72. The molecule has 0 amide bonds. The van der Waals surface area contributed by atoms with Crippen LogP contribution in [0.4, 0.5) is 0 Å². The number of piperidine rings is 1. The van der Waals surface area contributed by atoms with Gasteiger partial charge in [-0.05, 0) is 43.3 Å². The Bertz CT molecular complexity index is 385. The zero-order chi connectivity index (χ0) is 9.83. The normalized spacial score (nSPS) is 38.8. The largest absolute Gasteiger partial charge is 0.302 e. The summed E-state index contributed by atoms with van der Waals surface area (Å²) in [5.74, 6) is 3.45. The summed E-state index contributed by atoms with van der Waals surface area (Å²) < 4.78 is 4.52. The Morgan fingerprint density at radius 3 is 2.80 bits per heavy atom. The monoisotopic (exact) mass is 221 g/mol. The summed E-state index contributed by atoms with van der Waals surface area (Å²) in [6.45, 7) is 3.86. The smallest absolute Gasteiger partial charge is 0.145 e. The van der Waals surface area contributed by atoms with Crippen molar-refractivity contribution in [2.24, 2.45) is 5.92 Å². The molecule has 15 heavy (non-hydrogen) atoms. The molecule has 4 heteroatoms. The lowest BCUT2D eigenvalue weighted by molar-refractivity contribution is 0.346. The van der Waals surface area contributed by atoms with E-state index in [1.165, 1.54) is 43.9 Å². The molecule has 2 bridgehead atoms. The molecule has 3 heterocycles. The Morgan fingerprint density at radius 1 is 1.20 bits per heavy atom. The fourth-order valence-corrected chi connectivity index (χ4v) is 3.88. The quantitative estimate of drug-likeness (QED) is 0.763. The van der Waals surface area contributed by atoms with Crippen LogP contribution in [0.1, 0.15) is 41.9 Å². The van der Waals surface area contributed by atoms with Gasteiger partial charge >= 0.3 is 0 Å². The Morgan fingerprint density at radius 2 is 2.13 bits per heavy atom. The maximum atomic E-state index is 4.75. The van der Waals surface area contributed by atoms with Crippen molar-refractivity contribution < 1.29 is 0 Å². The molecule has 0 spiro atoms. The molecule has 1 aliphatic carbocycles. The van der Waals surface area contributed by atoms with Crippen LogP contribution >= 0.6 is 11.5 Å². The number of rotatable bonds is 2. The van der Waals surface area contributed by atoms with Gasteiger partial charge in [-0.1, -0.05) is 0 Å². The van der Waals surface area contributed by atoms with Crippen molar-refractivity contribution in [2.75, 3.05) is 19.6 Å². The molecule has 1 aromatic heterocycles. The van der Waals surface area contributed by atoms with Crippen LogP contribution in [-0.4, -0.2) is 33.9 Å². The third-order valence-electron chi connectivity index (χ3n) is 4.05. The summed E-state index contributed by atoms with van der Waals surface area (Å²) in [6, 6.07) is 0. The van der Waals surface area contributed by atoms with E-state index in [9.17, 15) is 0 Å². The van der Waals surface area contributed by atoms with Crippen molar-refractivity contribution in [1.82, 2.24) is 14.3 Å². The Hall–Kier alpha value is -0.480. The first kappa shape index (κ1) is 8.65. The van der Waals surface area contributed by atoms with Gasteiger partial charge in [0.25, 0.3) is 0 Å². The number of fused-ring (bicyclic) bond motifs is 2. The molecule has 3 aliphatic rings. The summed E-state index contributed by atoms with van der Waals surface area (Å²) in [7, 11) is 0. The van der Waals surface area contributed by atoms with Gasteiger partial charge < -0.3 is 4.90 Å². The molecule has 80 valence electrons. The fraction of sp³-hybridized carbons (Fsp3) is 0.818. The van der Waals surface area contributed by atoms with E-state index in [1.807, 2.05) is 0 Å². The van der Waals surface area contributed by atoms with Crippen molar-refractivity contribution in [1.29, 1.82) is 0 Å². The second-order valence-corrected chi connectivity index (χ2v) is 5.96. The van der Waals surface area contributed by atoms with E-state index in [1.54, 1.807) is 11.5 Å². The first-order valence-corrected chi connectivity index (χ1v) is 6.73. The predicted molar refractivity (Wildman–Crippen MR) is 59.2 cm³/mol. The lowest BCUT2D eigenvalue weighted by Gasteiger charge is -2.19. The maximum absolute atomic E-state index is 4.75. The van der Waals surface area contributed by atoms with Gasteiger partial charge in [-0.15, -0.1) is 0 Å². The molecule has 4 rings (SSSR count). The summed E-state index contributed by atoms with van der Waals surface area (Å²) >= 11 is 1.67. The second-order valence-electron chi connectivity index (χ2n) is 5.18. The fourth-order valence-electron chi connectivity index (χ4n) is 2.97. The van der Waals surface area contributed by atoms with Gasteiger partial charge in [0.15, 0.2) is 0 Å². The second kappa shape index (κ2) is 3.01. The van der Waals surface area contributed by atoms with E-state index in [-0.39, 0.29) is 0 Å². The zero-order valence-corrected chi connectivity index (χ0v) is 9.54. The molecule has 3 atom stereocenters. The van der Waals surface area contributed by atoms with Crippen molar-refractivity contribution in [3.63, 3.8) is 0 Å². The first-order chi connectivity index (χ1) is 7.40. The Labute approximate surface area is 93.7 Å². The molecule has 3 fully saturated rings. The summed E-state index contributed by atoms with van der Waals surface area (Å²) in [4.78, 5) is 7.33. The molecule has 2 aliphatic heterocycles. The van der Waals surface area contributed by atoms with Gasteiger partial charge in [-0.2, -0.15) is 4.37 Å². The number of aromatic nitrogens is 2. The van der Waals surface area contributed by atoms with Gasteiger partial charge in [0, 0.05) is 24.9 Å². The minimum absolute atomic E-state index is 0.712. The van der Waals surface area contributed by atoms with Crippen LogP contribution in [0.5, 0.6) is 0 Å². The highest BCUT2D eigenvalue weighted by Crippen LogP contribution is 2.43. The highest BCUT2D eigenvalue weighted by molar-refractivity contribution is 7.05. The van der Waals surface area contributed by atoms with E-state index in [0.717, 1.165) is 11.7 Å². The standard InChI is InChI=1S/C11H15N3S/c1-2-7(1)10-12-11(15-13-10)9-6-14-4-3-8(9)5-14/h7-9H,1-6H2/t8?,9-/m1/s1. The predicted octanol–water partition coefficient (Wildman–Crippen LogP) is 1.83. The van der Waals surface area contributed by atoms with Gasteiger partial charge in [-0.25, -0.2) is 4.98 Å². The van der Waals surface area contributed by atoms with Gasteiger partial charge in [0.2, 0.25) is 0 Å². The van der Waals surface area contributed by atoms with Crippen LogP contribution in [0, 0.1) is 5.92 Å². The summed E-state index contributed by atoms with van der Waals surface area (Å²) in [6.07, 6.45) is 4.01. The summed E-state index contributed by atoms with van der Waals surface area (Å²) in [5.41, 5.74) is 0. The Balaban J connectivity index is 1.60. The molecule has 0 radical (unpaired) electrons. The average molecular weight is 221 g/mol. The molecular weight excluding hydrogens is 206 g/mol. The number of hydrogen-bond donors (Lipinski definition) is 0. The van der Waals surface area contributed by atoms with Gasteiger partial charge in [-0.3, -0.25) is 0 Å². The lowest BCUT2D eigenvalue weighted by Crippen LogP contribution is -2.22. The third kappa shape index (κ3) is 1.35. The average Bonchev–Trinajstić information content (AvgIpc) is 2.74. The molecular formula is C11H15N3S. The van der Waals surface area contributed by atoms with Crippen LogP contribution in [0.3, 0.4) is 0 Å². The van der Waals surface area contributed by atoms with Crippen molar-refractivity contribution in [3.8, 4) is 0 Å². The third-order valence-corrected chi connectivity index (χ3v) is 4.91. The molecule has 3 nitrogen and oxygen atoms in total. The minimum Gasteiger partial charge on any atom is -0.302 e. The van der Waals surface area contributed by atoms with Gasteiger partial charge in [0.05, 0.1) is 0 Å². The van der Waals surface area contributed by atoms with Crippen LogP contribution in [0.25, 0.3) is 0 Å². The minimum atomic E-state index is 0.712. The lowest BCUT2D eigenvalue weighted by atomic mass is 9.93. The summed E-state index contributed by atoms with van der Waals surface area (Å²) in [5, 5.41) is 1.32. The van der Waals surface area contributed by atoms with Crippen molar-refractivity contribution in [2.45, 2.75) is 31.1 Å². The molecule has 2 saturated heterocycles.